The molecule has 1 unspecified atom stereocenters. The van der Waals surface area contributed by atoms with Crippen molar-refractivity contribution in [1.29, 1.82) is 0 Å². The van der Waals surface area contributed by atoms with Gasteiger partial charge in [-0.1, -0.05) is 42.1 Å². The monoisotopic (exact) mass is 475 g/mol. The van der Waals surface area contributed by atoms with E-state index in [1.54, 1.807) is 50.0 Å². The molecule has 7 nitrogen and oxygen atoms in total. The standard InChI is InChI=1S/C26H25N3O4S/c1-17(24(30)27-19-7-6-8-21(15-19)33-3)34-26-28-23-10-5-4-9-22(23)25(31)29(26)16-18-11-13-20(32-2)14-12-18/h4-15,17H,16H2,1-3H3,(H,27,30). The van der Waals surface area contributed by atoms with Crippen LogP contribution in [0.4, 0.5) is 5.69 Å². The van der Waals surface area contributed by atoms with Gasteiger partial charge in [0, 0.05) is 11.8 Å². The van der Waals surface area contributed by atoms with E-state index in [2.05, 4.69) is 5.32 Å². The molecule has 3 aromatic carbocycles. The molecule has 0 bridgehead atoms. The number of para-hydroxylation sites is 1. The largest absolute Gasteiger partial charge is 0.497 e. The molecule has 1 heterocycles. The number of ether oxygens (including phenoxy) is 2. The van der Waals surface area contributed by atoms with Crippen molar-refractivity contribution in [3.8, 4) is 11.5 Å². The average molecular weight is 476 g/mol. The molecule has 34 heavy (non-hydrogen) atoms. The molecule has 0 aliphatic heterocycles. The average Bonchev–Trinajstić information content (AvgIpc) is 2.86. The minimum atomic E-state index is -0.499. The van der Waals surface area contributed by atoms with Crippen LogP contribution in [0.5, 0.6) is 11.5 Å². The minimum Gasteiger partial charge on any atom is -0.497 e. The van der Waals surface area contributed by atoms with Crippen LogP contribution in [0, 0.1) is 0 Å². The van der Waals surface area contributed by atoms with Crippen LogP contribution in [-0.2, 0) is 11.3 Å². The molecule has 1 aromatic heterocycles. The zero-order valence-corrected chi connectivity index (χ0v) is 20.0. The summed E-state index contributed by atoms with van der Waals surface area (Å²) in [6.45, 7) is 2.12. The van der Waals surface area contributed by atoms with E-state index in [4.69, 9.17) is 14.5 Å². The molecule has 8 heteroatoms. The van der Waals surface area contributed by atoms with Gasteiger partial charge in [0.1, 0.15) is 11.5 Å². The molecule has 4 aromatic rings. The van der Waals surface area contributed by atoms with Gasteiger partial charge in [0.2, 0.25) is 5.91 Å². The molecular formula is C26H25N3O4S. The summed E-state index contributed by atoms with van der Waals surface area (Å²) in [7, 11) is 3.19. The second kappa shape index (κ2) is 10.4. The van der Waals surface area contributed by atoms with Crippen molar-refractivity contribution >= 4 is 34.3 Å². The van der Waals surface area contributed by atoms with Crippen LogP contribution in [0.15, 0.2) is 82.7 Å². The molecule has 0 spiro atoms. The van der Waals surface area contributed by atoms with Gasteiger partial charge in [-0.25, -0.2) is 4.98 Å². The van der Waals surface area contributed by atoms with Crippen LogP contribution in [0.3, 0.4) is 0 Å². The molecule has 1 atom stereocenters. The molecular weight excluding hydrogens is 450 g/mol. The van der Waals surface area contributed by atoms with E-state index in [0.717, 1.165) is 11.3 Å². The number of aromatic nitrogens is 2. The third-order valence-corrected chi connectivity index (χ3v) is 6.41. The Bertz CT molecular complexity index is 1370. The van der Waals surface area contributed by atoms with E-state index in [9.17, 15) is 9.59 Å². The number of carbonyl (C=O) groups excluding carboxylic acids is 1. The number of nitrogens with zero attached hydrogens (tertiary/aromatic N) is 2. The number of amides is 1. The second-order valence-electron chi connectivity index (χ2n) is 7.63. The molecule has 1 amide bonds. The maximum absolute atomic E-state index is 13.4. The predicted molar refractivity (Wildman–Crippen MR) is 135 cm³/mol. The highest BCUT2D eigenvalue weighted by molar-refractivity contribution is 8.00. The first-order valence-corrected chi connectivity index (χ1v) is 11.6. The first-order chi connectivity index (χ1) is 16.5. The smallest absolute Gasteiger partial charge is 0.262 e. The Morgan fingerprint density at radius 3 is 2.47 bits per heavy atom. The second-order valence-corrected chi connectivity index (χ2v) is 8.94. The lowest BCUT2D eigenvalue weighted by Crippen LogP contribution is -2.27. The summed E-state index contributed by atoms with van der Waals surface area (Å²) in [6.07, 6.45) is 0. The number of benzene rings is 3. The van der Waals surface area contributed by atoms with Gasteiger partial charge >= 0.3 is 0 Å². The Kier molecular flexibility index (Phi) is 7.18. The molecule has 0 saturated heterocycles. The number of carbonyl (C=O) groups is 1. The number of hydrogen-bond acceptors (Lipinski definition) is 6. The molecule has 0 aliphatic rings. The first kappa shape index (κ1) is 23.4. The van der Waals surface area contributed by atoms with Crippen molar-refractivity contribution in [3.63, 3.8) is 0 Å². The minimum absolute atomic E-state index is 0.149. The fraction of sp³-hybridized carbons (Fsp3) is 0.192. The topological polar surface area (TPSA) is 82.4 Å². The number of anilines is 1. The van der Waals surface area contributed by atoms with E-state index in [1.807, 2.05) is 48.5 Å². The van der Waals surface area contributed by atoms with Crippen LogP contribution in [0.1, 0.15) is 12.5 Å². The molecule has 4 rings (SSSR count). The van der Waals surface area contributed by atoms with Crippen molar-refractivity contribution < 1.29 is 14.3 Å². The third-order valence-electron chi connectivity index (χ3n) is 5.32. The number of hydrogen-bond donors (Lipinski definition) is 1. The molecule has 0 radical (unpaired) electrons. The Morgan fingerprint density at radius 2 is 1.74 bits per heavy atom. The van der Waals surface area contributed by atoms with Crippen LogP contribution in [0.2, 0.25) is 0 Å². The van der Waals surface area contributed by atoms with Crippen LogP contribution in [0.25, 0.3) is 10.9 Å². The van der Waals surface area contributed by atoms with E-state index < -0.39 is 5.25 Å². The summed E-state index contributed by atoms with van der Waals surface area (Å²) in [4.78, 5) is 31.0. The lowest BCUT2D eigenvalue weighted by Gasteiger charge is -2.17. The van der Waals surface area contributed by atoms with Crippen molar-refractivity contribution in [1.82, 2.24) is 9.55 Å². The van der Waals surface area contributed by atoms with Gasteiger partial charge in [0.05, 0.1) is 36.9 Å². The maximum Gasteiger partial charge on any atom is 0.262 e. The normalized spacial score (nSPS) is 11.7. The number of nitrogens with one attached hydrogen (secondary N) is 1. The van der Waals surface area contributed by atoms with E-state index >= 15 is 0 Å². The van der Waals surface area contributed by atoms with E-state index in [1.165, 1.54) is 11.8 Å². The SMILES string of the molecule is COc1ccc(Cn2c(SC(C)C(=O)Nc3cccc(OC)c3)nc3ccccc3c2=O)cc1. The number of methoxy groups -OCH3 is 2. The number of thioether (sulfide) groups is 1. The van der Waals surface area contributed by atoms with Gasteiger partial charge in [-0.3, -0.25) is 14.2 Å². The number of fused-ring (bicyclic) bond motifs is 1. The lowest BCUT2D eigenvalue weighted by atomic mass is 10.2. The summed E-state index contributed by atoms with van der Waals surface area (Å²) < 4.78 is 12.1. The summed E-state index contributed by atoms with van der Waals surface area (Å²) in [5.41, 5.74) is 2.01. The van der Waals surface area contributed by atoms with Gasteiger partial charge in [-0.15, -0.1) is 0 Å². The van der Waals surface area contributed by atoms with Gasteiger partial charge < -0.3 is 14.8 Å². The Morgan fingerprint density at radius 1 is 1.00 bits per heavy atom. The quantitative estimate of drug-likeness (QED) is 0.297. The predicted octanol–water partition coefficient (Wildman–Crippen LogP) is 4.58. The van der Waals surface area contributed by atoms with E-state index in [0.29, 0.717) is 34.0 Å². The highest BCUT2D eigenvalue weighted by atomic mass is 32.2. The Hall–Kier alpha value is -3.78. The van der Waals surface area contributed by atoms with Crippen molar-refractivity contribution in [2.24, 2.45) is 0 Å². The first-order valence-electron chi connectivity index (χ1n) is 10.7. The zero-order valence-electron chi connectivity index (χ0n) is 19.1. The van der Waals surface area contributed by atoms with Crippen LogP contribution < -0.4 is 20.3 Å². The molecule has 1 N–H and O–H groups in total. The van der Waals surface area contributed by atoms with Crippen LogP contribution >= 0.6 is 11.8 Å². The zero-order chi connectivity index (χ0) is 24.1. The maximum atomic E-state index is 13.4. The Balaban J connectivity index is 1.63. The van der Waals surface area contributed by atoms with Crippen molar-refractivity contribution in [3.05, 3.63) is 88.7 Å². The fourth-order valence-electron chi connectivity index (χ4n) is 3.45. The van der Waals surface area contributed by atoms with E-state index in [-0.39, 0.29) is 11.5 Å². The summed E-state index contributed by atoms with van der Waals surface area (Å²) in [5.74, 6) is 1.20. The molecule has 0 aliphatic carbocycles. The highest BCUT2D eigenvalue weighted by Gasteiger charge is 2.20. The number of rotatable bonds is 8. The third kappa shape index (κ3) is 5.23. The van der Waals surface area contributed by atoms with Gasteiger partial charge in [0.25, 0.3) is 5.56 Å². The molecule has 0 fully saturated rings. The van der Waals surface area contributed by atoms with Gasteiger partial charge in [-0.2, -0.15) is 0 Å². The highest BCUT2D eigenvalue weighted by Crippen LogP contribution is 2.25. The summed E-state index contributed by atoms with van der Waals surface area (Å²) in [6, 6.07) is 21.9. The molecule has 0 saturated carbocycles. The molecule has 174 valence electrons. The summed E-state index contributed by atoms with van der Waals surface area (Å²) in [5, 5.41) is 3.42. The van der Waals surface area contributed by atoms with Gasteiger partial charge in [-0.05, 0) is 48.9 Å². The Labute approximate surface area is 201 Å². The lowest BCUT2D eigenvalue weighted by molar-refractivity contribution is -0.115. The van der Waals surface area contributed by atoms with Gasteiger partial charge in [0.15, 0.2) is 5.16 Å². The fourth-order valence-corrected chi connectivity index (χ4v) is 4.35. The van der Waals surface area contributed by atoms with Crippen molar-refractivity contribution in [2.45, 2.75) is 23.9 Å². The van der Waals surface area contributed by atoms with Crippen LogP contribution in [-0.4, -0.2) is 34.9 Å². The van der Waals surface area contributed by atoms with Crippen molar-refractivity contribution in [2.75, 3.05) is 19.5 Å². The summed E-state index contributed by atoms with van der Waals surface area (Å²) >= 11 is 1.25.